The SMILES string of the molecule is CN(CCI)CNN. The van der Waals surface area contributed by atoms with E-state index >= 15 is 0 Å². The fourth-order valence-electron chi connectivity index (χ4n) is 0.379. The summed E-state index contributed by atoms with van der Waals surface area (Å²) in [5, 5.41) is 0. The molecule has 0 aliphatic carbocycles. The van der Waals surface area contributed by atoms with Crippen molar-refractivity contribution in [3.05, 3.63) is 0 Å². The summed E-state index contributed by atoms with van der Waals surface area (Å²) < 4.78 is 1.15. The van der Waals surface area contributed by atoms with Crippen molar-refractivity contribution in [2.45, 2.75) is 0 Å². The van der Waals surface area contributed by atoms with Crippen LogP contribution in [0.4, 0.5) is 0 Å². The summed E-state index contributed by atoms with van der Waals surface area (Å²) in [6, 6.07) is 0. The zero-order valence-corrected chi connectivity index (χ0v) is 7.18. The number of halogens is 1. The lowest BCUT2D eigenvalue weighted by Gasteiger charge is -2.12. The molecule has 0 aliphatic heterocycles. The van der Waals surface area contributed by atoms with Crippen molar-refractivity contribution >= 4 is 22.6 Å². The number of nitrogens with zero attached hydrogens (tertiary/aromatic N) is 1. The molecule has 8 heavy (non-hydrogen) atoms. The monoisotopic (exact) mass is 229 g/mol. The van der Waals surface area contributed by atoms with Crippen LogP contribution in [-0.4, -0.2) is 29.6 Å². The topological polar surface area (TPSA) is 41.3 Å². The Morgan fingerprint density at radius 1 is 1.75 bits per heavy atom. The number of alkyl halides is 1. The molecular formula is C4H12IN3. The molecular weight excluding hydrogens is 217 g/mol. The highest BCUT2D eigenvalue weighted by Crippen LogP contribution is 1.83. The standard InChI is InChI=1S/C4H12IN3/c1-8(3-2-5)4-7-6/h7H,2-4,6H2,1H3. The van der Waals surface area contributed by atoms with Gasteiger partial charge in [0.2, 0.25) is 0 Å². The second-order valence-electron chi connectivity index (χ2n) is 1.63. The van der Waals surface area contributed by atoms with E-state index in [1.807, 2.05) is 7.05 Å². The highest BCUT2D eigenvalue weighted by molar-refractivity contribution is 14.1. The molecule has 0 heterocycles. The summed E-state index contributed by atoms with van der Waals surface area (Å²) in [5.74, 6) is 5.07. The Morgan fingerprint density at radius 2 is 2.38 bits per heavy atom. The molecule has 0 rings (SSSR count). The van der Waals surface area contributed by atoms with Crippen LogP contribution in [0.1, 0.15) is 0 Å². The molecule has 0 saturated carbocycles. The highest BCUT2D eigenvalue weighted by Gasteiger charge is 1.90. The summed E-state index contributed by atoms with van der Waals surface area (Å²) in [4.78, 5) is 2.12. The molecule has 0 radical (unpaired) electrons. The third-order valence-electron chi connectivity index (χ3n) is 0.827. The van der Waals surface area contributed by atoms with E-state index in [2.05, 4.69) is 32.9 Å². The van der Waals surface area contributed by atoms with E-state index in [0.29, 0.717) is 0 Å². The molecule has 0 spiro atoms. The fourth-order valence-corrected chi connectivity index (χ4v) is 1.20. The Kier molecular flexibility index (Phi) is 6.18. The quantitative estimate of drug-likeness (QED) is 0.230. The number of nitrogens with two attached hydrogens (primary N) is 1. The summed E-state index contributed by atoms with van der Waals surface area (Å²) in [5.41, 5.74) is 2.57. The van der Waals surface area contributed by atoms with Gasteiger partial charge < -0.3 is 0 Å². The molecule has 0 amide bonds. The van der Waals surface area contributed by atoms with Crippen molar-refractivity contribution in [2.75, 3.05) is 24.7 Å². The predicted molar refractivity (Wildman–Crippen MR) is 43.7 cm³/mol. The molecule has 0 unspecified atom stereocenters. The van der Waals surface area contributed by atoms with Crippen molar-refractivity contribution < 1.29 is 0 Å². The van der Waals surface area contributed by atoms with Gasteiger partial charge in [0.1, 0.15) is 0 Å². The van der Waals surface area contributed by atoms with Crippen LogP contribution in [0.3, 0.4) is 0 Å². The second kappa shape index (κ2) is 5.74. The van der Waals surface area contributed by atoms with Crippen molar-refractivity contribution in [3.8, 4) is 0 Å². The lowest BCUT2D eigenvalue weighted by atomic mass is 10.7. The van der Waals surface area contributed by atoms with Crippen LogP contribution in [0, 0.1) is 0 Å². The third kappa shape index (κ3) is 4.76. The minimum absolute atomic E-state index is 0.767. The van der Waals surface area contributed by atoms with Gasteiger partial charge in [0, 0.05) is 11.0 Å². The second-order valence-corrected chi connectivity index (χ2v) is 2.71. The predicted octanol–water partition coefficient (Wildman–Crippen LogP) is -0.226. The summed E-state index contributed by atoms with van der Waals surface area (Å²) in [6.07, 6.45) is 0. The molecule has 3 nitrogen and oxygen atoms in total. The zero-order chi connectivity index (χ0) is 6.41. The van der Waals surface area contributed by atoms with Gasteiger partial charge in [-0.25, -0.2) is 5.43 Å². The lowest BCUT2D eigenvalue weighted by molar-refractivity contribution is 0.329. The first kappa shape index (κ1) is 8.61. The number of hydrogen-bond acceptors (Lipinski definition) is 3. The van der Waals surface area contributed by atoms with E-state index in [4.69, 9.17) is 5.84 Å². The first-order valence-electron chi connectivity index (χ1n) is 2.49. The molecule has 0 bridgehead atoms. The Bertz CT molecular complexity index is 44.5. The van der Waals surface area contributed by atoms with Crippen molar-refractivity contribution in [1.29, 1.82) is 0 Å². The van der Waals surface area contributed by atoms with Crippen molar-refractivity contribution in [1.82, 2.24) is 10.3 Å². The zero-order valence-electron chi connectivity index (χ0n) is 5.02. The Labute approximate surface area is 63.7 Å². The normalized spacial score (nSPS) is 10.5. The average Bonchev–Trinajstić information content (AvgIpc) is 1.68. The van der Waals surface area contributed by atoms with Crippen LogP contribution < -0.4 is 11.3 Å². The molecule has 0 aromatic carbocycles. The van der Waals surface area contributed by atoms with Gasteiger partial charge in [0.25, 0.3) is 0 Å². The minimum atomic E-state index is 0.767. The van der Waals surface area contributed by atoms with Gasteiger partial charge in [-0.1, -0.05) is 22.6 Å². The summed E-state index contributed by atoms with van der Waals surface area (Å²) in [7, 11) is 2.03. The number of hydrogen-bond donors (Lipinski definition) is 2. The first-order valence-corrected chi connectivity index (χ1v) is 4.01. The van der Waals surface area contributed by atoms with Crippen molar-refractivity contribution in [3.63, 3.8) is 0 Å². The van der Waals surface area contributed by atoms with Crippen LogP contribution in [0.5, 0.6) is 0 Å². The van der Waals surface area contributed by atoms with E-state index in [-0.39, 0.29) is 0 Å². The smallest absolute Gasteiger partial charge is 0.0610 e. The molecule has 3 N–H and O–H groups in total. The highest BCUT2D eigenvalue weighted by atomic mass is 127. The first-order chi connectivity index (χ1) is 3.81. The fraction of sp³-hybridized carbons (Fsp3) is 1.00. The van der Waals surface area contributed by atoms with E-state index in [1.165, 1.54) is 0 Å². The minimum Gasteiger partial charge on any atom is -0.292 e. The Hall–Kier alpha value is 0.610. The molecule has 50 valence electrons. The van der Waals surface area contributed by atoms with Crippen LogP contribution in [0.25, 0.3) is 0 Å². The van der Waals surface area contributed by atoms with Gasteiger partial charge in [-0.3, -0.25) is 10.7 Å². The summed E-state index contributed by atoms with van der Waals surface area (Å²) >= 11 is 2.33. The van der Waals surface area contributed by atoms with Gasteiger partial charge in [-0.05, 0) is 7.05 Å². The average molecular weight is 229 g/mol. The molecule has 0 aromatic rings. The van der Waals surface area contributed by atoms with Gasteiger partial charge in [-0.2, -0.15) is 0 Å². The van der Waals surface area contributed by atoms with Gasteiger partial charge >= 0.3 is 0 Å². The Balaban J connectivity index is 2.92. The van der Waals surface area contributed by atoms with E-state index in [0.717, 1.165) is 17.6 Å². The van der Waals surface area contributed by atoms with Gasteiger partial charge in [0.05, 0.1) is 6.67 Å². The third-order valence-corrected chi connectivity index (χ3v) is 1.31. The van der Waals surface area contributed by atoms with E-state index in [1.54, 1.807) is 0 Å². The molecule has 4 heteroatoms. The van der Waals surface area contributed by atoms with E-state index < -0.39 is 0 Å². The molecule has 0 atom stereocenters. The number of hydrazine groups is 1. The van der Waals surface area contributed by atoms with Crippen LogP contribution in [0.2, 0.25) is 0 Å². The molecule has 0 fully saturated rings. The maximum atomic E-state index is 5.07. The number of nitrogens with one attached hydrogen (secondary N) is 1. The van der Waals surface area contributed by atoms with E-state index in [9.17, 15) is 0 Å². The van der Waals surface area contributed by atoms with Gasteiger partial charge in [-0.15, -0.1) is 0 Å². The number of rotatable bonds is 4. The molecule has 0 saturated heterocycles. The maximum absolute atomic E-state index is 5.07. The largest absolute Gasteiger partial charge is 0.292 e. The van der Waals surface area contributed by atoms with Crippen LogP contribution >= 0.6 is 22.6 Å². The van der Waals surface area contributed by atoms with Crippen molar-refractivity contribution in [2.24, 2.45) is 5.84 Å². The maximum Gasteiger partial charge on any atom is 0.0610 e. The summed E-state index contributed by atoms with van der Waals surface area (Å²) in [6.45, 7) is 1.85. The van der Waals surface area contributed by atoms with Crippen LogP contribution in [0.15, 0.2) is 0 Å². The van der Waals surface area contributed by atoms with Crippen LogP contribution in [-0.2, 0) is 0 Å². The lowest BCUT2D eigenvalue weighted by Crippen LogP contribution is -2.36. The Morgan fingerprint density at radius 3 is 2.75 bits per heavy atom. The molecule has 0 aromatic heterocycles. The molecule has 0 aliphatic rings. The van der Waals surface area contributed by atoms with Gasteiger partial charge in [0.15, 0.2) is 0 Å².